The van der Waals surface area contributed by atoms with E-state index < -0.39 is 5.60 Å². The van der Waals surface area contributed by atoms with Crippen molar-refractivity contribution in [1.29, 1.82) is 0 Å². The molecular weight excluding hydrogens is 409 g/mol. The first-order valence-electron chi connectivity index (χ1n) is 8.37. The number of hydrogen-bond donors (Lipinski definition) is 0. The van der Waals surface area contributed by atoms with Crippen LogP contribution in [0.4, 0.5) is 0 Å². The lowest BCUT2D eigenvalue weighted by atomic mass is 9.95. The molecule has 0 bridgehead atoms. The molecule has 0 N–H and O–H groups in total. The SMILES string of the molecule is CCOC(=O)C1CC[N+](C)(CCCC(=O)OC(C)(C)C)CC1.[I-]. The molecule has 0 saturated carbocycles. The molecule has 0 aliphatic carbocycles. The third-order valence-electron chi connectivity index (χ3n) is 4.15. The van der Waals surface area contributed by atoms with Gasteiger partial charge in [-0.2, -0.15) is 0 Å². The van der Waals surface area contributed by atoms with Crippen LogP contribution in [0.5, 0.6) is 0 Å². The molecule has 1 heterocycles. The smallest absolute Gasteiger partial charge is 0.309 e. The quantitative estimate of drug-likeness (QED) is 0.318. The largest absolute Gasteiger partial charge is 1.00 e. The average Bonchev–Trinajstić information content (AvgIpc) is 2.37. The summed E-state index contributed by atoms with van der Waals surface area (Å²) in [5.74, 6) is -0.125. The number of ether oxygens (including phenoxy) is 2. The van der Waals surface area contributed by atoms with E-state index in [4.69, 9.17) is 9.47 Å². The van der Waals surface area contributed by atoms with Crippen molar-refractivity contribution in [1.82, 2.24) is 0 Å². The zero-order chi connectivity index (χ0) is 16.8. The Labute approximate surface area is 157 Å². The van der Waals surface area contributed by atoms with E-state index in [0.717, 1.165) is 43.4 Å². The molecule has 23 heavy (non-hydrogen) atoms. The van der Waals surface area contributed by atoms with Crippen LogP contribution in [0.1, 0.15) is 53.4 Å². The van der Waals surface area contributed by atoms with Crippen molar-refractivity contribution in [3.05, 3.63) is 0 Å². The van der Waals surface area contributed by atoms with Crippen LogP contribution in [0.25, 0.3) is 0 Å². The highest BCUT2D eigenvalue weighted by molar-refractivity contribution is 5.72. The maximum absolute atomic E-state index is 11.8. The van der Waals surface area contributed by atoms with E-state index in [2.05, 4.69) is 7.05 Å². The third-order valence-corrected chi connectivity index (χ3v) is 4.15. The van der Waals surface area contributed by atoms with Gasteiger partial charge in [-0.15, -0.1) is 0 Å². The summed E-state index contributed by atoms with van der Waals surface area (Å²) in [6, 6.07) is 0. The van der Waals surface area contributed by atoms with E-state index in [-0.39, 0.29) is 41.8 Å². The number of carbonyl (C=O) groups excluding carboxylic acids is 2. The molecule has 136 valence electrons. The molecule has 0 aromatic rings. The molecule has 0 aromatic carbocycles. The molecule has 5 nitrogen and oxygen atoms in total. The minimum absolute atomic E-state index is 0. The van der Waals surface area contributed by atoms with Gasteiger partial charge in [0.25, 0.3) is 0 Å². The van der Waals surface area contributed by atoms with Gasteiger partial charge >= 0.3 is 11.9 Å². The molecule has 0 aromatic heterocycles. The fraction of sp³-hybridized carbons (Fsp3) is 0.882. The minimum Gasteiger partial charge on any atom is -1.00 e. The van der Waals surface area contributed by atoms with Crippen LogP contribution in [0.2, 0.25) is 0 Å². The van der Waals surface area contributed by atoms with Crippen molar-refractivity contribution in [3.63, 3.8) is 0 Å². The van der Waals surface area contributed by atoms with Crippen LogP contribution in [-0.2, 0) is 19.1 Å². The van der Waals surface area contributed by atoms with Gasteiger partial charge in [-0.1, -0.05) is 0 Å². The molecule has 0 unspecified atom stereocenters. The number of nitrogens with zero attached hydrogens (tertiary/aromatic N) is 1. The summed E-state index contributed by atoms with van der Waals surface area (Å²) < 4.78 is 11.4. The fourth-order valence-electron chi connectivity index (χ4n) is 2.91. The van der Waals surface area contributed by atoms with Crippen molar-refractivity contribution in [2.75, 3.05) is 33.3 Å². The first-order valence-corrected chi connectivity index (χ1v) is 8.37. The number of quaternary nitrogens is 1. The first-order chi connectivity index (χ1) is 10.2. The Morgan fingerprint density at radius 2 is 1.74 bits per heavy atom. The van der Waals surface area contributed by atoms with Crippen molar-refractivity contribution < 1.29 is 47.5 Å². The molecule has 0 radical (unpaired) electrons. The maximum atomic E-state index is 11.8. The van der Waals surface area contributed by atoms with Crippen molar-refractivity contribution in [2.24, 2.45) is 5.92 Å². The second-order valence-corrected chi connectivity index (χ2v) is 7.51. The number of esters is 2. The van der Waals surface area contributed by atoms with Crippen molar-refractivity contribution in [3.8, 4) is 0 Å². The Kier molecular flexibility index (Phi) is 9.65. The Hall–Kier alpha value is -0.370. The molecule has 1 aliphatic heterocycles. The van der Waals surface area contributed by atoms with Gasteiger partial charge in [0.1, 0.15) is 5.60 Å². The van der Waals surface area contributed by atoms with E-state index in [1.165, 1.54) is 0 Å². The first kappa shape index (κ1) is 22.6. The standard InChI is InChI=1S/C17H32NO4.HI/c1-6-21-16(20)14-9-12-18(5,13-10-14)11-7-8-15(19)22-17(2,3)4;/h14H,6-13H2,1-5H3;1H/q+1;/p-1. The van der Waals surface area contributed by atoms with Gasteiger partial charge in [0, 0.05) is 19.3 Å². The molecule has 0 spiro atoms. The van der Waals surface area contributed by atoms with E-state index in [0.29, 0.717) is 13.0 Å². The lowest BCUT2D eigenvalue weighted by molar-refractivity contribution is -0.915. The topological polar surface area (TPSA) is 52.6 Å². The molecule has 1 aliphatic rings. The van der Waals surface area contributed by atoms with E-state index in [1.54, 1.807) is 0 Å². The van der Waals surface area contributed by atoms with Crippen molar-refractivity contribution >= 4 is 11.9 Å². The molecular formula is C17H32INO4. The average molecular weight is 441 g/mol. The van der Waals surface area contributed by atoms with E-state index in [9.17, 15) is 9.59 Å². The van der Waals surface area contributed by atoms with Crippen LogP contribution in [-0.4, -0.2) is 55.3 Å². The maximum Gasteiger partial charge on any atom is 0.309 e. The normalized spacial score (nSPS) is 24.5. The molecule has 0 atom stereocenters. The van der Waals surface area contributed by atoms with E-state index in [1.807, 2.05) is 27.7 Å². The van der Waals surface area contributed by atoms with Gasteiger partial charge in [-0.3, -0.25) is 9.59 Å². The van der Waals surface area contributed by atoms with E-state index >= 15 is 0 Å². The number of likely N-dealkylation sites (tertiary alicyclic amines) is 1. The number of rotatable bonds is 6. The number of carbonyl (C=O) groups is 2. The predicted molar refractivity (Wildman–Crippen MR) is 85.2 cm³/mol. The predicted octanol–water partition coefficient (Wildman–Crippen LogP) is -0.468. The highest BCUT2D eigenvalue weighted by Crippen LogP contribution is 2.24. The summed E-state index contributed by atoms with van der Waals surface area (Å²) in [7, 11) is 2.20. The van der Waals surface area contributed by atoms with Crippen LogP contribution >= 0.6 is 0 Å². The zero-order valence-corrected chi connectivity index (χ0v) is 17.3. The molecule has 0 amide bonds. The highest BCUT2D eigenvalue weighted by Gasteiger charge is 2.34. The molecule has 1 rings (SSSR count). The van der Waals surface area contributed by atoms with Crippen LogP contribution in [0.15, 0.2) is 0 Å². The second-order valence-electron chi connectivity index (χ2n) is 7.51. The van der Waals surface area contributed by atoms with Gasteiger partial charge in [-0.05, 0) is 27.7 Å². The Balaban J connectivity index is 0.00000484. The van der Waals surface area contributed by atoms with Crippen molar-refractivity contribution in [2.45, 2.75) is 59.0 Å². The molecule has 6 heteroatoms. The summed E-state index contributed by atoms with van der Waals surface area (Å²) in [6.07, 6.45) is 3.05. The van der Waals surface area contributed by atoms with Crippen LogP contribution < -0.4 is 24.0 Å². The summed E-state index contributed by atoms with van der Waals surface area (Å²) in [4.78, 5) is 23.5. The molecule has 1 fully saturated rings. The number of halogens is 1. The van der Waals surface area contributed by atoms with Gasteiger partial charge in [-0.25, -0.2) is 0 Å². The zero-order valence-electron chi connectivity index (χ0n) is 15.2. The Bertz CT molecular complexity index is 385. The summed E-state index contributed by atoms with van der Waals surface area (Å²) in [6.45, 7) is 10.9. The lowest BCUT2D eigenvalue weighted by Crippen LogP contribution is -3.00. The number of piperidine rings is 1. The monoisotopic (exact) mass is 441 g/mol. The fourth-order valence-corrected chi connectivity index (χ4v) is 2.91. The Morgan fingerprint density at radius 3 is 2.22 bits per heavy atom. The highest BCUT2D eigenvalue weighted by atomic mass is 127. The third kappa shape index (κ3) is 8.88. The number of hydrogen-bond acceptors (Lipinski definition) is 4. The summed E-state index contributed by atoms with van der Waals surface area (Å²) in [5, 5.41) is 0. The van der Waals surface area contributed by atoms with Crippen LogP contribution in [0, 0.1) is 5.92 Å². The van der Waals surface area contributed by atoms with Gasteiger partial charge < -0.3 is 37.9 Å². The van der Waals surface area contributed by atoms with Gasteiger partial charge in [0.05, 0.1) is 45.6 Å². The summed E-state index contributed by atoms with van der Waals surface area (Å²) in [5.41, 5.74) is -0.409. The molecule has 1 saturated heterocycles. The minimum atomic E-state index is -0.409. The van der Waals surface area contributed by atoms with Gasteiger partial charge in [0.2, 0.25) is 0 Å². The second kappa shape index (κ2) is 9.81. The Morgan fingerprint density at radius 1 is 1.17 bits per heavy atom. The summed E-state index contributed by atoms with van der Waals surface area (Å²) >= 11 is 0. The lowest BCUT2D eigenvalue weighted by Gasteiger charge is -2.40. The van der Waals surface area contributed by atoms with Crippen LogP contribution in [0.3, 0.4) is 0 Å². The van der Waals surface area contributed by atoms with Gasteiger partial charge in [0.15, 0.2) is 0 Å².